The summed E-state index contributed by atoms with van der Waals surface area (Å²) in [6.07, 6.45) is 0.717. The van der Waals surface area contributed by atoms with Crippen LogP contribution >= 0.6 is 11.3 Å². The lowest BCUT2D eigenvalue weighted by Gasteiger charge is -2.04. The molecule has 0 aliphatic rings. The maximum atomic E-state index is 11.8. The highest BCUT2D eigenvalue weighted by Crippen LogP contribution is 2.11. The summed E-state index contributed by atoms with van der Waals surface area (Å²) in [5.41, 5.74) is 1.46. The third-order valence-electron chi connectivity index (χ3n) is 2.44. The zero-order valence-corrected chi connectivity index (χ0v) is 10.8. The largest absolute Gasteiger partial charge is 0.508 e. The molecule has 1 aromatic heterocycles. The Morgan fingerprint density at radius 1 is 1.50 bits per heavy atom. The molecule has 1 amide bonds. The van der Waals surface area contributed by atoms with E-state index in [1.807, 2.05) is 12.3 Å². The van der Waals surface area contributed by atoms with Gasteiger partial charge in [0.25, 0.3) is 5.91 Å². The number of aromatic hydroxyl groups is 1. The van der Waals surface area contributed by atoms with Crippen LogP contribution < -0.4 is 5.32 Å². The molecule has 1 aromatic carbocycles. The predicted octanol–water partition coefficient (Wildman–Crippen LogP) is 2.13. The zero-order chi connectivity index (χ0) is 13.0. The molecule has 1 heterocycles. The second kappa shape index (κ2) is 5.64. The molecule has 0 radical (unpaired) electrons. The summed E-state index contributed by atoms with van der Waals surface area (Å²) >= 11 is 1.60. The first kappa shape index (κ1) is 12.6. The van der Waals surface area contributed by atoms with Crippen LogP contribution in [0, 0.1) is 6.92 Å². The van der Waals surface area contributed by atoms with Gasteiger partial charge in [-0.2, -0.15) is 0 Å². The smallest absolute Gasteiger partial charge is 0.251 e. The van der Waals surface area contributed by atoms with E-state index in [1.165, 1.54) is 12.1 Å². The first-order valence-corrected chi connectivity index (χ1v) is 6.51. The minimum atomic E-state index is -0.183. The average Bonchev–Trinajstić information content (AvgIpc) is 2.75. The van der Waals surface area contributed by atoms with Crippen LogP contribution in [0.2, 0.25) is 0 Å². The maximum Gasteiger partial charge on any atom is 0.251 e. The fourth-order valence-corrected chi connectivity index (χ4v) is 2.22. The van der Waals surface area contributed by atoms with Crippen molar-refractivity contribution >= 4 is 17.2 Å². The van der Waals surface area contributed by atoms with E-state index in [2.05, 4.69) is 10.3 Å². The van der Waals surface area contributed by atoms with Crippen molar-refractivity contribution in [3.63, 3.8) is 0 Å². The molecule has 0 saturated carbocycles. The average molecular weight is 262 g/mol. The third kappa shape index (κ3) is 3.30. The lowest BCUT2D eigenvalue weighted by molar-refractivity contribution is 0.0953. The lowest BCUT2D eigenvalue weighted by atomic mass is 10.2. The molecule has 94 valence electrons. The highest BCUT2D eigenvalue weighted by atomic mass is 32.1. The van der Waals surface area contributed by atoms with Gasteiger partial charge in [0.1, 0.15) is 5.75 Å². The van der Waals surface area contributed by atoms with Crippen molar-refractivity contribution in [1.29, 1.82) is 0 Å². The molecule has 2 N–H and O–H groups in total. The maximum absolute atomic E-state index is 11.8. The third-order valence-corrected chi connectivity index (χ3v) is 3.26. The molecule has 0 aliphatic carbocycles. The summed E-state index contributed by atoms with van der Waals surface area (Å²) in [5, 5.41) is 15.1. The van der Waals surface area contributed by atoms with E-state index in [4.69, 9.17) is 0 Å². The topological polar surface area (TPSA) is 62.2 Å². The Bertz CT molecular complexity index is 551. The number of thiazole rings is 1. The highest BCUT2D eigenvalue weighted by molar-refractivity contribution is 7.09. The first-order chi connectivity index (χ1) is 8.65. The van der Waals surface area contributed by atoms with Gasteiger partial charge in [0.15, 0.2) is 0 Å². The molecule has 5 heteroatoms. The summed E-state index contributed by atoms with van der Waals surface area (Å²) < 4.78 is 0. The molecular formula is C13H14N2O2S. The standard InChI is InChI=1S/C13H14N2O2S/c1-9-15-11(8-18-9)5-6-14-13(17)10-3-2-4-12(16)7-10/h2-4,7-8,16H,5-6H2,1H3,(H,14,17). The zero-order valence-electron chi connectivity index (χ0n) is 10.0. The van der Waals surface area contributed by atoms with Crippen molar-refractivity contribution in [2.75, 3.05) is 6.54 Å². The second-order valence-corrected chi connectivity index (χ2v) is 4.98. The first-order valence-electron chi connectivity index (χ1n) is 5.63. The summed E-state index contributed by atoms with van der Waals surface area (Å²) in [6.45, 7) is 2.50. The molecule has 18 heavy (non-hydrogen) atoms. The number of carbonyl (C=O) groups is 1. The number of aromatic nitrogens is 1. The number of phenols is 1. The van der Waals surface area contributed by atoms with E-state index in [0.29, 0.717) is 12.1 Å². The SMILES string of the molecule is Cc1nc(CCNC(=O)c2cccc(O)c2)cs1. The molecule has 0 spiro atoms. The van der Waals surface area contributed by atoms with Crippen molar-refractivity contribution in [3.8, 4) is 5.75 Å². The number of carbonyl (C=O) groups excluding carboxylic acids is 1. The van der Waals surface area contributed by atoms with Crippen LogP contribution in [0.25, 0.3) is 0 Å². The van der Waals surface area contributed by atoms with E-state index in [9.17, 15) is 9.90 Å². The predicted molar refractivity (Wildman–Crippen MR) is 71.0 cm³/mol. The summed E-state index contributed by atoms with van der Waals surface area (Å²) in [5.74, 6) is -0.0874. The molecule has 0 atom stereocenters. The van der Waals surface area contributed by atoms with E-state index in [-0.39, 0.29) is 11.7 Å². The quantitative estimate of drug-likeness (QED) is 0.887. The van der Waals surface area contributed by atoms with Gasteiger partial charge in [-0.05, 0) is 25.1 Å². The van der Waals surface area contributed by atoms with Crippen LogP contribution in [0.1, 0.15) is 21.1 Å². The summed E-state index contributed by atoms with van der Waals surface area (Å²) in [7, 11) is 0. The van der Waals surface area contributed by atoms with Gasteiger partial charge in [-0.1, -0.05) is 6.07 Å². The van der Waals surface area contributed by atoms with E-state index >= 15 is 0 Å². The number of benzene rings is 1. The number of nitrogens with one attached hydrogen (secondary N) is 1. The molecule has 0 fully saturated rings. The molecule has 0 unspecified atom stereocenters. The second-order valence-electron chi connectivity index (χ2n) is 3.91. The molecule has 0 aliphatic heterocycles. The number of nitrogens with zero attached hydrogens (tertiary/aromatic N) is 1. The number of hydrogen-bond donors (Lipinski definition) is 2. The molecule has 0 saturated heterocycles. The van der Waals surface area contributed by atoms with Gasteiger partial charge >= 0.3 is 0 Å². The highest BCUT2D eigenvalue weighted by Gasteiger charge is 2.06. The summed E-state index contributed by atoms with van der Waals surface area (Å²) in [4.78, 5) is 16.1. The minimum Gasteiger partial charge on any atom is -0.508 e. The van der Waals surface area contributed by atoms with Gasteiger partial charge in [-0.3, -0.25) is 4.79 Å². The number of amides is 1. The van der Waals surface area contributed by atoms with E-state index in [0.717, 1.165) is 17.1 Å². The van der Waals surface area contributed by atoms with E-state index in [1.54, 1.807) is 23.5 Å². The number of aryl methyl sites for hydroxylation is 1. The van der Waals surface area contributed by atoms with Crippen LogP contribution in [0.4, 0.5) is 0 Å². The van der Waals surface area contributed by atoms with Crippen molar-refractivity contribution in [3.05, 3.63) is 45.9 Å². The van der Waals surface area contributed by atoms with Gasteiger partial charge in [0.2, 0.25) is 0 Å². The number of phenolic OH excluding ortho intramolecular Hbond substituents is 1. The molecular weight excluding hydrogens is 248 g/mol. The molecule has 2 aromatic rings. The lowest BCUT2D eigenvalue weighted by Crippen LogP contribution is -2.25. The van der Waals surface area contributed by atoms with Crippen molar-refractivity contribution in [2.45, 2.75) is 13.3 Å². The Labute approximate surface area is 109 Å². The van der Waals surface area contributed by atoms with Crippen molar-refractivity contribution in [1.82, 2.24) is 10.3 Å². The Kier molecular flexibility index (Phi) is 3.94. The van der Waals surface area contributed by atoms with Gasteiger partial charge in [-0.15, -0.1) is 11.3 Å². The molecule has 2 rings (SSSR count). The fourth-order valence-electron chi connectivity index (χ4n) is 1.58. The Hall–Kier alpha value is -1.88. The monoisotopic (exact) mass is 262 g/mol. The number of rotatable bonds is 4. The number of hydrogen-bond acceptors (Lipinski definition) is 4. The normalized spacial score (nSPS) is 10.3. The molecule has 0 bridgehead atoms. The van der Waals surface area contributed by atoms with Crippen LogP contribution in [-0.2, 0) is 6.42 Å². The molecule has 4 nitrogen and oxygen atoms in total. The van der Waals surface area contributed by atoms with Crippen LogP contribution in [0.3, 0.4) is 0 Å². The Morgan fingerprint density at radius 3 is 3.00 bits per heavy atom. The van der Waals surface area contributed by atoms with Crippen LogP contribution in [-0.4, -0.2) is 22.5 Å². The van der Waals surface area contributed by atoms with Gasteiger partial charge in [0.05, 0.1) is 10.7 Å². The Morgan fingerprint density at radius 2 is 2.33 bits per heavy atom. The van der Waals surface area contributed by atoms with Gasteiger partial charge in [0, 0.05) is 23.9 Å². The van der Waals surface area contributed by atoms with Crippen LogP contribution in [0.15, 0.2) is 29.6 Å². The summed E-state index contributed by atoms with van der Waals surface area (Å²) in [6, 6.07) is 6.30. The van der Waals surface area contributed by atoms with Crippen LogP contribution in [0.5, 0.6) is 5.75 Å². The van der Waals surface area contributed by atoms with E-state index < -0.39 is 0 Å². The van der Waals surface area contributed by atoms with Crippen molar-refractivity contribution < 1.29 is 9.90 Å². The Balaban J connectivity index is 1.85. The fraction of sp³-hybridized carbons (Fsp3) is 0.231. The van der Waals surface area contributed by atoms with Crippen molar-refractivity contribution in [2.24, 2.45) is 0 Å². The van der Waals surface area contributed by atoms with Gasteiger partial charge < -0.3 is 10.4 Å². The van der Waals surface area contributed by atoms with Gasteiger partial charge in [-0.25, -0.2) is 4.98 Å². The minimum absolute atomic E-state index is 0.0952.